The Bertz CT molecular complexity index is 518. The van der Waals surface area contributed by atoms with Crippen molar-refractivity contribution in [3.8, 4) is 0 Å². The van der Waals surface area contributed by atoms with Crippen LogP contribution in [0.5, 0.6) is 0 Å². The molecule has 1 unspecified atom stereocenters. The molecule has 1 aromatic heterocycles. The molecule has 1 saturated heterocycles. The van der Waals surface area contributed by atoms with Crippen LogP contribution in [0.2, 0.25) is 0 Å². The Morgan fingerprint density at radius 2 is 2.15 bits per heavy atom. The third-order valence-corrected chi connectivity index (χ3v) is 4.84. The Kier molecular flexibility index (Phi) is 4.77. The van der Waals surface area contributed by atoms with E-state index >= 15 is 0 Å². The van der Waals surface area contributed by atoms with Gasteiger partial charge in [-0.25, -0.2) is 0 Å². The minimum Gasteiger partial charge on any atom is -0.309 e. The smallest absolute Gasteiger partial charge is 0.0659 e. The predicted molar refractivity (Wildman–Crippen MR) is 85.0 cm³/mol. The molecule has 0 spiro atoms. The van der Waals surface area contributed by atoms with Gasteiger partial charge in [-0.2, -0.15) is 16.9 Å². The third-order valence-electron chi connectivity index (χ3n) is 3.63. The van der Waals surface area contributed by atoms with Crippen LogP contribution in [0.1, 0.15) is 24.0 Å². The minimum atomic E-state index is 0.672. The van der Waals surface area contributed by atoms with Crippen molar-refractivity contribution in [2.45, 2.75) is 32.0 Å². The lowest BCUT2D eigenvalue weighted by Gasteiger charge is -2.22. The van der Waals surface area contributed by atoms with E-state index in [-0.39, 0.29) is 0 Å². The summed E-state index contributed by atoms with van der Waals surface area (Å²) in [4.78, 5) is 0. The number of nitrogens with one attached hydrogen (secondary N) is 1. The van der Waals surface area contributed by atoms with Crippen LogP contribution in [0, 0.1) is 0 Å². The zero-order valence-electron chi connectivity index (χ0n) is 11.7. The lowest BCUT2D eigenvalue weighted by molar-refractivity contribution is 0.507. The summed E-state index contributed by atoms with van der Waals surface area (Å²) in [5, 5.41) is 8.09. The van der Waals surface area contributed by atoms with Crippen molar-refractivity contribution >= 4 is 11.8 Å². The van der Waals surface area contributed by atoms with Crippen LogP contribution in [0.3, 0.4) is 0 Å². The van der Waals surface area contributed by atoms with Gasteiger partial charge >= 0.3 is 0 Å². The summed E-state index contributed by atoms with van der Waals surface area (Å²) in [6.45, 7) is 1.78. The fourth-order valence-corrected chi connectivity index (χ4v) is 3.63. The first-order chi connectivity index (χ1) is 9.90. The zero-order chi connectivity index (χ0) is 13.6. The minimum absolute atomic E-state index is 0.672. The van der Waals surface area contributed by atoms with Crippen molar-refractivity contribution in [3.63, 3.8) is 0 Å². The number of thioether (sulfide) groups is 1. The highest BCUT2D eigenvalue weighted by atomic mass is 32.2. The Labute approximate surface area is 124 Å². The molecule has 106 valence electrons. The largest absolute Gasteiger partial charge is 0.309 e. The fourth-order valence-electron chi connectivity index (χ4n) is 2.52. The summed E-state index contributed by atoms with van der Waals surface area (Å²) in [5.41, 5.74) is 2.57. The first kappa shape index (κ1) is 13.7. The molecule has 0 aliphatic carbocycles. The van der Waals surface area contributed by atoms with Crippen molar-refractivity contribution in [3.05, 3.63) is 53.9 Å². The van der Waals surface area contributed by atoms with Gasteiger partial charge in [-0.05, 0) is 24.2 Å². The fraction of sp³-hybridized carbons (Fsp3) is 0.438. The highest BCUT2D eigenvalue weighted by Gasteiger charge is 2.12. The van der Waals surface area contributed by atoms with E-state index in [4.69, 9.17) is 0 Å². The summed E-state index contributed by atoms with van der Waals surface area (Å²) in [6, 6.07) is 11.1. The Balaban J connectivity index is 1.51. The molecule has 0 saturated carbocycles. The van der Waals surface area contributed by atoms with Gasteiger partial charge in [0, 0.05) is 30.1 Å². The standard InChI is InChI=1S/C16H21N3S/c1-2-5-14(6-3-1)11-19-12-15(10-18-19)9-17-16-7-4-8-20-13-16/h1-3,5-6,10,12,16-17H,4,7-9,11,13H2. The Hall–Kier alpha value is -1.26. The topological polar surface area (TPSA) is 29.9 Å². The normalized spacial score (nSPS) is 19.1. The number of rotatable bonds is 5. The molecule has 4 heteroatoms. The van der Waals surface area contributed by atoms with Crippen molar-refractivity contribution in [1.29, 1.82) is 0 Å². The molecular formula is C16H21N3S. The summed E-state index contributed by atoms with van der Waals surface area (Å²) in [7, 11) is 0. The van der Waals surface area contributed by atoms with Crippen molar-refractivity contribution in [2.24, 2.45) is 0 Å². The molecule has 0 amide bonds. The quantitative estimate of drug-likeness (QED) is 0.917. The highest BCUT2D eigenvalue weighted by molar-refractivity contribution is 7.99. The van der Waals surface area contributed by atoms with Gasteiger partial charge in [0.25, 0.3) is 0 Å². The van der Waals surface area contributed by atoms with Gasteiger partial charge in [0.1, 0.15) is 0 Å². The van der Waals surface area contributed by atoms with E-state index in [1.165, 1.54) is 35.5 Å². The first-order valence-electron chi connectivity index (χ1n) is 7.26. The molecule has 0 radical (unpaired) electrons. The molecule has 3 rings (SSSR count). The molecule has 1 atom stereocenters. The summed E-state index contributed by atoms with van der Waals surface area (Å²) in [6.07, 6.45) is 6.78. The van der Waals surface area contributed by atoms with Crippen LogP contribution < -0.4 is 5.32 Å². The van der Waals surface area contributed by atoms with Gasteiger partial charge in [0.2, 0.25) is 0 Å². The molecule has 2 heterocycles. The number of aromatic nitrogens is 2. The van der Waals surface area contributed by atoms with Crippen molar-refractivity contribution in [2.75, 3.05) is 11.5 Å². The third kappa shape index (κ3) is 3.87. The van der Waals surface area contributed by atoms with E-state index in [1.54, 1.807) is 0 Å². The molecule has 2 aromatic rings. The van der Waals surface area contributed by atoms with Crippen LogP contribution in [-0.4, -0.2) is 27.3 Å². The average molecular weight is 287 g/mol. The van der Waals surface area contributed by atoms with Gasteiger partial charge in [0.15, 0.2) is 0 Å². The Morgan fingerprint density at radius 3 is 2.95 bits per heavy atom. The molecule has 1 N–H and O–H groups in total. The molecule has 1 aliphatic rings. The van der Waals surface area contributed by atoms with Gasteiger partial charge in [-0.15, -0.1) is 0 Å². The van der Waals surface area contributed by atoms with Crippen LogP contribution in [0.15, 0.2) is 42.7 Å². The van der Waals surface area contributed by atoms with Gasteiger partial charge in [-0.1, -0.05) is 30.3 Å². The number of benzene rings is 1. The number of nitrogens with zero attached hydrogens (tertiary/aromatic N) is 2. The number of hydrogen-bond donors (Lipinski definition) is 1. The van der Waals surface area contributed by atoms with Crippen LogP contribution in [0.25, 0.3) is 0 Å². The van der Waals surface area contributed by atoms with Crippen molar-refractivity contribution < 1.29 is 0 Å². The second kappa shape index (κ2) is 6.95. The van der Waals surface area contributed by atoms with E-state index in [0.717, 1.165) is 13.1 Å². The first-order valence-corrected chi connectivity index (χ1v) is 8.42. The highest BCUT2D eigenvalue weighted by Crippen LogP contribution is 2.17. The van der Waals surface area contributed by atoms with Gasteiger partial charge in [0.05, 0.1) is 12.7 Å². The van der Waals surface area contributed by atoms with E-state index in [0.29, 0.717) is 6.04 Å². The van der Waals surface area contributed by atoms with Crippen LogP contribution >= 0.6 is 11.8 Å². The SMILES string of the molecule is c1ccc(Cn2cc(CNC3CCCSC3)cn2)cc1. The monoisotopic (exact) mass is 287 g/mol. The average Bonchev–Trinajstić information content (AvgIpc) is 2.95. The van der Waals surface area contributed by atoms with E-state index < -0.39 is 0 Å². The predicted octanol–water partition coefficient (Wildman–Crippen LogP) is 2.92. The summed E-state index contributed by atoms with van der Waals surface area (Å²) in [5.74, 6) is 2.57. The lowest BCUT2D eigenvalue weighted by Crippen LogP contribution is -2.33. The summed E-state index contributed by atoms with van der Waals surface area (Å²) < 4.78 is 2.02. The molecular weight excluding hydrogens is 266 g/mol. The zero-order valence-corrected chi connectivity index (χ0v) is 12.5. The number of hydrogen-bond acceptors (Lipinski definition) is 3. The maximum absolute atomic E-state index is 4.45. The molecule has 1 aromatic carbocycles. The maximum Gasteiger partial charge on any atom is 0.0659 e. The van der Waals surface area contributed by atoms with Crippen LogP contribution in [0.4, 0.5) is 0 Å². The summed E-state index contributed by atoms with van der Waals surface area (Å²) >= 11 is 2.06. The lowest BCUT2D eigenvalue weighted by atomic mass is 10.2. The second-order valence-corrected chi connectivity index (χ2v) is 6.48. The van der Waals surface area contributed by atoms with E-state index in [2.05, 4.69) is 52.6 Å². The van der Waals surface area contributed by atoms with Crippen LogP contribution in [-0.2, 0) is 13.1 Å². The molecule has 3 nitrogen and oxygen atoms in total. The molecule has 1 aliphatic heterocycles. The maximum atomic E-state index is 4.45. The van der Waals surface area contributed by atoms with Gasteiger partial charge < -0.3 is 5.32 Å². The molecule has 0 bridgehead atoms. The van der Waals surface area contributed by atoms with E-state index in [9.17, 15) is 0 Å². The Morgan fingerprint density at radius 1 is 1.25 bits per heavy atom. The molecule has 20 heavy (non-hydrogen) atoms. The van der Waals surface area contributed by atoms with Gasteiger partial charge in [-0.3, -0.25) is 4.68 Å². The second-order valence-electron chi connectivity index (χ2n) is 5.33. The van der Waals surface area contributed by atoms with E-state index in [1.807, 2.05) is 16.9 Å². The molecule has 1 fully saturated rings. The van der Waals surface area contributed by atoms with Crippen molar-refractivity contribution in [1.82, 2.24) is 15.1 Å².